The fraction of sp³-hybridized carbons (Fsp3) is 0.0476. The van der Waals surface area contributed by atoms with Crippen molar-refractivity contribution < 1.29 is 13.2 Å². The largest absolute Gasteiger partial charge is 0.268 e. The first-order chi connectivity index (χ1) is 13.5. The highest BCUT2D eigenvalue weighted by atomic mass is 32.2. The average Bonchev–Trinajstić information content (AvgIpc) is 2.69. The number of thioether (sulfide) groups is 1. The van der Waals surface area contributed by atoms with E-state index in [1.165, 1.54) is 22.8 Å². The molecule has 3 aromatic carbocycles. The molecule has 28 heavy (non-hydrogen) atoms. The minimum Gasteiger partial charge on any atom is -0.268 e. The summed E-state index contributed by atoms with van der Waals surface area (Å²) in [5, 5.41) is 0.644. The topological polar surface area (TPSA) is 34.9 Å². The number of halogens is 3. The zero-order valence-corrected chi connectivity index (χ0v) is 15.2. The number of aromatic nitrogens is 2. The van der Waals surface area contributed by atoms with E-state index in [1.807, 2.05) is 0 Å². The smallest absolute Gasteiger partial charge is 0.266 e. The first-order valence-corrected chi connectivity index (χ1v) is 9.36. The number of hydrogen-bond donors (Lipinski definition) is 0. The van der Waals surface area contributed by atoms with E-state index in [0.29, 0.717) is 16.6 Å². The zero-order valence-electron chi connectivity index (χ0n) is 14.4. The molecule has 1 aromatic heterocycles. The Hall–Kier alpha value is -3.06. The van der Waals surface area contributed by atoms with Gasteiger partial charge in [-0.15, -0.1) is 0 Å². The zero-order chi connectivity index (χ0) is 19.7. The van der Waals surface area contributed by atoms with Crippen LogP contribution in [-0.2, 0) is 5.75 Å². The summed E-state index contributed by atoms with van der Waals surface area (Å²) in [6.45, 7) is 0. The Morgan fingerprint density at radius 3 is 2.50 bits per heavy atom. The number of hydrogen-bond acceptors (Lipinski definition) is 3. The molecule has 0 N–H and O–H groups in total. The monoisotopic (exact) mass is 398 g/mol. The normalized spacial score (nSPS) is 11.1. The van der Waals surface area contributed by atoms with Crippen molar-refractivity contribution >= 4 is 22.7 Å². The molecule has 0 aliphatic heterocycles. The van der Waals surface area contributed by atoms with Gasteiger partial charge in [-0.3, -0.25) is 9.36 Å². The summed E-state index contributed by atoms with van der Waals surface area (Å²) in [6.07, 6.45) is 0. The molecule has 0 amide bonds. The van der Waals surface area contributed by atoms with Gasteiger partial charge in [0.2, 0.25) is 0 Å². The summed E-state index contributed by atoms with van der Waals surface area (Å²) in [4.78, 5) is 17.5. The lowest BCUT2D eigenvalue weighted by Gasteiger charge is -2.13. The highest BCUT2D eigenvalue weighted by molar-refractivity contribution is 7.98. The van der Waals surface area contributed by atoms with Crippen LogP contribution >= 0.6 is 11.8 Å². The molecule has 4 aromatic rings. The number of para-hydroxylation sites is 1. The van der Waals surface area contributed by atoms with Gasteiger partial charge < -0.3 is 0 Å². The van der Waals surface area contributed by atoms with Gasteiger partial charge in [-0.25, -0.2) is 18.2 Å². The van der Waals surface area contributed by atoms with E-state index in [-0.39, 0.29) is 22.0 Å². The van der Waals surface area contributed by atoms with Crippen molar-refractivity contribution in [1.82, 2.24) is 9.55 Å². The molecule has 0 radical (unpaired) electrons. The highest BCUT2D eigenvalue weighted by Crippen LogP contribution is 2.26. The van der Waals surface area contributed by atoms with Gasteiger partial charge in [0.25, 0.3) is 5.56 Å². The van der Waals surface area contributed by atoms with Crippen LogP contribution in [0, 0.1) is 17.5 Å². The SMILES string of the molecule is O=c1c2ccccc2nc(SCc2cc(F)ccc2F)n1-c1cccc(F)c1. The second-order valence-corrected chi connectivity index (χ2v) is 7.00. The van der Waals surface area contributed by atoms with E-state index in [1.54, 1.807) is 30.3 Å². The van der Waals surface area contributed by atoms with Gasteiger partial charge in [0, 0.05) is 11.3 Å². The van der Waals surface area contributed by atoms with Crippen molar-refractivity contribution in [2.45, 2.75) is 10.9 Å². The maximum absolute atomic E-state index is 14.0. The maximum Gasteiger partial charge on any atom is 0.266 e. The third kappa shape index (κ3) is 3.53. The van der Waals surface area contributed by atoms with Crippen molar-refractivity contribution in [2.75, 3.05) is 0 Å². The number of rotatable bonds is 4. The van der Waals surface area contributed by atoms with E-state index in [9.17, 15) is 18.0 Å². The summed E-state index contributed by atoms with van der Waals surface area (Å²) in [7, 11) is 0. The summed E-state index contributed by atoms with van der Waals surface area (Å²) in [6, 6.07) is 15.6. The van der Waals surface area contributed by atoms with Gasteiger partial charge in [0.1, 0.15) is 17.5 Å². The molecular formula is C21H13F3N2OS. The molecule has 140 valence electrons. The molecule has 7 heteroatoms. The predicted molar refractivity (Wildman–Crippen MR) is 103 cm³/mol. The summed E-state index contributed by atoms with van der Waals surface area (Å²) >= 11 is 1.08. The Kier molecular flexibility index (Phi) is 4.92. The highest BCUT2D eigenvalue weighted by Gasteiger charge is 2.15. The molecule has 3 nitrogen and oxygen atoms in total. The standard InChI is InChI=1S/C21H13F3N2OS/c22-14-4-3-5-16(11-14)26-20(27)17-6-1-2-7-19(17)25-21(26)28-12-13-10-15(23)8-9-18(13)24/h1-11H,12H2. The van der Waals surface area contributed by atoms with Crippen LogP contribution in [0.3, 0.4) is 0 Å². The van der Waals surface area contributed by atoms with Crippen LogP contribution in [0.15, 0.2) is 76.7 Å². The minimum absolute atomic E-state index is 0.0592. The molecule has 0 unspecified atom stereocenters. The Balaban J connectivity index is 1.85. The second-order valence-electron chi connectivity index (χ2n) is 6.06. The summed E-state index contributed by atoms with van der Waals surface area (Å²) < 4.78 is 42.4. The fourth-order valence-corrected chi connectivity index (χ4v) is 3.83. The third-order valence-corrected chi connectivity index (χ3v) is 5.16. The predicted octanol–water partition coefficient (Wildman–Crippen LogP) is 5.10. The molecule has 0 aliphatic rings. The molecule has 4 rings (SSSR count). The molecule has 0 saturated heterocycles. The Bertz CT molecular complexity index is 1240. The Morgan fingerprint density at radius 2 is 1.68 bits per heavy atom. The van der Waals surface area contributed by atoms with Gasteiger partial charge in [0.05, 0.1) is 16.6 Å². The summed E-state index contributed by atoms with van der Waals surface area (Å²) in [5.41, 5.74) is 0.574. The van der Waals surface area contributed by atoms with E-state index in [4.69, 9.17) is 0 Å². The van der Waals surface area contributed by atoms with E-state index in [2.05, 4.69) is 4.98 Å². The third-order valence-electron chi connectivity index (χ3n) is 4.18. The van der Waals surface area contributed by atoms with Crippen molar-refractivity contribution in [3.63, 3.8) is 0 Å². The second kappa shape index (κ2) is 7.52. The van der Waals surface area contributed by atoms with Gasteiger partial charge in [0.15, 0.2) is 5.16 Å². The maximum atomic E-state index is 14.0. The number of benzene rings is 3. The Labute approximate surface area is 162 Å². The van der Waals surface area contributed by atoms with E-state index >= 15 is 0 Å². The van der Waals surface area contributed by atoms with Crippen molar-refractivity contribution in [2.24, 2.45) is 0 Å². The fourth-order valence-electron chi connectivity index (χ4n) is 2.85. The van der Waals surface area contributed by atoms with Crippen LogP contribution in [0.2, 0.25) is 0 Å². The molecule has 0 fully saturated rings. The molecule has 0 aliphatic carbocycles. The van der Waals surface area contributed by atoms with Gasteiger partial charge >= 0.3 is 0 Å². The van der Waals surface area contributed by atoms with Crippen LogP contribution in [0.4, 0.5) is 13.2 Å². The molecule has 0 atom stereocenters. The first kappa shape index (κ1) is 18.3. The van der Waals surface area contributed by atoms with Crippen LogP contribution < -0.4 is 5.56 Å². The van der Waals surface area contributed by atoms with E-state index < -0.39 is 17.5 Å². The summed E-state index contributed by atoms with van der Waals surface area (Å²) in [5.74, 6) is -1.53. The van der Waals surface area contributed by atoms with Crippen molar-refractivity contribution in [3.05, 3.63) is 100 Å². The Morgan fingerprint density at radius 1 is 0.893 bits per heavy atom. The van der Waals surface area contributed by atoms with E-state index in [0.717, 1.165) is 30.0 Å². The quantitative estimate of drug-likeness (QED) is 0.355. The molecule has 1 heterocycles. The van der Waals surface area contributed by atoms with Crippen LogP contribution in [0.1, 0.15) is 5.56 Å². The van der Waals surface area contributed by atoms with Gasteiger partial charge in [-0.05, 0) is 48.5 Å². The van der Waals surface area contributed by atoms with Gasteiger partial charge in [-0.2, -0.15) is 0 Å². The first-order valence-electron chi connectivity index (χ1n) is 8.37. The van der Waals surface area contributed by atoms with Crippen LogP contribution in [0.25, 0.3) is 16.6 Å². The minimum atomic E-state index is -0.550. The molecule has 0 spiro atoms. The van der Waals surface area contributed by atoms with Crippen LogP contribution in [-0.4, -0.2) is 9.55 Å². The lowest BCUT2D eigenvalue weighted by atomic mass is 10.2. The van der Waals surface area contributed by atoms with Gasteiger partial charge in [-0.1, -0.05) is 30.0 Å². The number of fused-ring (bicyclic) bond motifs is 1. The number of nitrogens with zero attached hydrogens (tertiary/aromatic N) is 2. The van der Waals surface area contributed by atoms with Crippen LogP contribution in [0.5, 0.6) is 0 Å². The van der Waals surface area contributed by atoms with Crippen molar-refractivity contribution in [3.8, 4) is 5.69 Å². The lowest BCUT2D eigenvalue weighted by Crippen LogP contribution is -2.21. The average molecular weight is 398 g/mol. The van der Waals surface area contributed by atoms with Crippen molar-refractivity contribution in [1.29, 1.82) is 0 Å². The molecule has 0 bridgehead atoms. The lowest BCUT2D eigenvalue weighted by molar-refractivity contribution is 0.591. The molecular weight excluding hydrogens is 385 g/mol. The molecule has 0 saturated carbocycles.